The van der Waals surface area contributed by atoms with E-state index in [1.165, 1.54) is 6.08 Å². The van der Waals surface area contributed by atoms with Crippen LogP contribution in [0, 0.1) is 11.8 Å². The van der Waals surface area contributed by atoms with Crippen molar-refractivity contribution in [2.45, 2.75) is 62.4 Å². The Morgan fingerprint density at radius 1 is 1.11 bits per heavy atom. The zero-order chi connectivity index (χ0) is 26.0. The molecule has 1 aromatic rings. The van der Waals surface area contributed by atoms with Crippen LogP contribution in [-0.2, 0) is 28.5 Å². The minimum absolute atomic E-state index is 0.00625. The molecule has 2 aliphatic heterocycles. The van der Waals surface area contributed by atoms with Gasteiger partial charge in [-0.05, 0) is 31.4 Å². The first-order valence-corrected chi connectivity index (χ1v) is 11.7. The predicted molar refractivity (Wildman–Crippen MR) is 122 cm³/mol. The number of aliphatic carboxylic acids is 1. The fourth-order valence-electron chi connectivity index (χ4n) is 5.10. The van der Waals surface area contributed by atoms with E-state index in [0.29, 0.717) is 12.8 Å². The molecule has 0 amide bonds. The Balaban J connectivity index is 1.56. The van der Waals surface area contributed by atoms with Crippen LogP contribution in [0.25, 0.3) is 6.08 Å². The van der Waals surface area contributed by atoms with Crippen LogP contribution in [-0.4, -0.2) is 86.7 Å². The van der Waals surface area contributed by atoms with Crippen LogP contribution in [0.4, 0.5) is 0 Å². The predicted octanol–water partition coefficient (Wildman–Crippen LogP) is 0.169. The quantitative estimate of drug-likeness (QED) is 0.252. The summed E-state index contributed by atoms with van der Waals surface area (Å²) in [6.07, 6.45) is -4.24. The fraction of sp³-hybridized carbons (Fsp3) is 0.520. The smallest absolute Gasteiger partial charge is 0.334 e. The molecule has 5 N–H and O–H groups in total. The molecule has 9 atom stereocenters. The van der Waals surface area contributed by atoms with Crippen molar-refractivity contribution in [2.24, 2.45) is 11.8 Å². The van der Waals surface area contributed by atoms with Gasteiger partial charge in [0, 0.05) is 12.0 Å². The van der Waals surface area contributed by atoms with Crippen molar-refractivity contribution in [3.8, 4) is 0 Å². The van der Waals surface area contributed by atoms with E-state index in [0.717, 1.165) is 11.8 Å². The van der Waals surface area contributed by atoms with Gasteiger partial charge >= 0.3 is 11.9 Å². The summed E-state index contributed by atoms with van der Waals surface area (Å²) in [5.74, 6) is -3.21. The van der Waals surface area contributed by atoms with Crippen LogP contribution in [0.3, 0.4) is 0 Å². The zero-order valence-corrected chi connectivity index (χ0v) is 19.5. The van der Waals surface area contributed by atoms with Crippen LogP contribution >= 0.6 is 0 Å². The number of esters is 1. The van der Waals surface area contributed by atoms with Crippen LogP contribution in [0.1, 0.15) is 25.3 Å². The number of ether oxygens (including phenoxy) is 4. The highest BCUT2D eigenvalue weighted by molar-refractivity contribution is 5.88. The third-order valence-corrected chi connectivity index (χ3v) is 7.02. The average Bonchev–Trinajstić information content (AvgIpc) is 3.20. The first-order valence-electron chi connectivity index (χ1n) is 11.7. The molecule has 1 aliphatic carbocycles. The molecule has 1 saturated heterocycles. The third kappa shape index (κ3) is 5.17. The number of carboxylic acids is 1. The summed E-state index contributed by atoms with van der Waals surface area (Å²) in [7, 11) is 0. The minimum Gasteiger partial charge on any atom is -0.478 e. The van der Waals surface area contributed by atoms with Gasteiger partial charge in [0.1, 0.15) is 30.0 Å². The number of carbonyl (C=O) groups excluding carboxylic acids is 1. The van der Waals surface area contributed by atoms with Crippen LogP contribution in [0.5, 0.6) is 0 Å². The average molecular weight is 507 g/mol. The monoisotopic (exact) mass is 506 g/mol. The molecule has 2 unspecified atom stereocenters. The Labute approximate surface area is 207 Å². The molecule has 11 heteroatoms. The molecule has 3 aliphatic rings. The normalized spacial score (nSPS) is 38.2. The number of hydrogen-bond donors (Lipinski definition) is 5. The molecular weight excluding hydrogens is 476 g/mol. The molecule has 0 bridgehead atoms. The minimum atomic E-state index is -1.68. The number of rotatable bonds is 7. The highest BCUT2D eigenvalue weighted by Crippen LogP contribution is 2.51. The van der Waals surface area contributed by atoms with Crippen molar-refractivity contribution < 1.29 is 54.1 Å². The number of aliphatic hydroxyl groups excluding tert-OH is 4. The summed E-state index contributed by atoms with van der Waals surface area (Å²) < 4.78 is 22.6. The number of hydrogen-bond acceptors (Lipinski definition) is 10. The molecule has 2 fully saturated rings. The van der Waals surface area contributed by atoms with E-state index >= 15 is 0 Å². The van der Waals surface area contributed by atoms with Crippen molar-refractivity contribution in [2.75, 3.05) is 6.61 Å². The molecular formula is C25H30O11. The Bertz CT molecular complexity index is 1010. The van der Waals surface area contributed by atoms with Crippen LogP contribution in [0.15, 0.2) is 48.2 Å². The van der Waals surface area contributed by atoms with Crippen LogP contribution in [0.2, 0.25) is 0 Å². The molecule has 196 valence electrons. The second-order valence-electron chi connectivity index (χ2n) is 9.36. The lowest BCUT2D eigenvalue weighted by Gasteiger charge is -2.44. The second kappa shape index (κ2) is 10.7. The fourth-order valence-corrected chi connectivity index (χ4v) is 5.10. The summed E-state index contributed by atoms with van der Waals surface area (Å²) in [5.41, 5.74) is -0.408. The van der Waals surface area contributed by atoms with Crippen molar-refractivity contribution in [3.05, 3.63) is 53.8 Å². The van der Waals surface area contributed by atoms with E-state index in [2.05, 4.69) is 0 Å². The molecule has 0 spiro atoms. The molecule has 0 aromatic heterocycles. The standard InChI is InChI=1S/C25H30O11/c1-25(36-17(27)8-7-13-5-3-2-4-6-13)10-9-14-15(22(31)32)12-33-23(18(14)25)35-24-21(30)20(29)19(28)16(11-26)34-24/h2-8,12,14,16,18-21,23-24,26,28-30H,9-11H2,1H3,(H,31,32)/b8-7+/t14?,16-,18?,19-,20+,21-,23+,24+,25-/m1/s1. The van der Waals surface area contributed by atoms with E-state index in [4.69, 9.17) is 18.9 Å². The lowest BCUT2D eigenvalue weighted by Crippen LogP contribution is -2.60. The van der Waals surface area contributed by atoms with Gasteiger partial charge in [-0.15, -0.1) is 0 Å². The van der Waals surface area contributed by atoms with Crippen LogP contribution < -0.4 is 0 Å². The highest BCUT2D eigenvalue weighted by atomic mass is 16.8. The Morgan fingerprint density at radius 2 is 1.83 bits per heavy atom. The van der Waals surface area contributed by atoms with Gasteiger partial charge in [-0.3, -0.25) is 0 Å². The summed E-state index contributed by atoms with van der Waals surface area (Å²) in [5, 5.41) is 49.6. The third-order valence-electron chi connectivity index (χ3n) is 7.02. The first kappa shape index (κ1) is 26.3. The molecule has 1 saturated carbocycles. The SMILES string of the molecule is C[C@@]1(OC(=O)/C=C/c2ccccc2)CCC2C(C(=O)O)=CO[C@@H](O[C@@H]3O[C@H](CO)[C@@H](O)[C@H](O)[C@H]3O)C21. The summed E-state index contributed by atoms with van der Waals surface area (Å²) in [6, 6.07) is 9.14. The Kier molecular flexibility index (Phi) is 7.79. The molecule has 11 nitrogen and oxygen atoms in total. The first-order chi connectivity index (χ1) is 17.1. The van der Waals surface area contributed by atoms with Gasteiger partial charge in [-0.25, -0.2) is 9.59 Å². The molecule has 4 rings (SSSR count). The number of carbonyl (C=O) groups is 2. The molecule has 2 heterocycles. The van der Waals surface area contributed by atoms with Gasteiger partial charge in [0.05, 0.1) is 24.4 Å². The van der Waals surface area contributed by atoms with E-state index in [1.54, 1.807) is 13.0 Å². The summed E-state index contributed by atoms with van der Waals surface area (Å²) in [4.78, 5) is 24.5. The lowest BCUT2D eigenvalue weighted by molar-refractivity contribution is -0.346. The largest absolute Gasteiger partial charge is 0.478 e. The summed E-state index contributed by atoms with van der Waals surface area (Å²) >= 11 is 0. The highest BCUT2D eigenvalue weighted by Gasteiger charge is 2.58. The number of fused-ring (bicyclic) bond motifs is 1. The van der Waals surface area contributed by atoms with E-state index in [-0.39, 0.29) is 5.57 Å². The van der Waals surface area contributed by atoms with E-state index in [9.17, 15) is 35.1 Å². The van der Waals surface area contributed by atoms with Crippen molar-refractivity contribution >= 4 is 18.0 Å². The van der Waals surface area contributed by atoms with Crippen molar-refractivity contribution in [3.63, 3.8) is 0 Å². The van der Waals surface area contributed by atoms with E-state index in [1.807, 2.05) is 30.3 Å². The van der Waals surface area contributed by atoms with Gasteiger partial charge in [0.2, 0.25) is 6.29 Å². The number of benzene rings is 1. The van der Waals surface area contributed by atoms with E-state index < -0.39 is 73.0 Å². The van der Waals surface area contributed by atoms with Gasteiger partial charge in [-0.1, -0.05) is 30.3 Å². The maximum atomic E-state index is 12.7. The lowest BCUT2D eigenvalue weighted by atomic mass is 9.81. The van der Waals surface area contributed by atoms with Gasteiger partial charge < -0.3 is 44.5 Å². The zero-order valence-electron chi connectivity index (χ0n) is 19.5. The van der Waals surface area contributed by atoms with Crippen molar-refractivity contribution in [1.82, 2.24) is 0 Å². The molecule has 0 radical (unpaired) electrons. The summed E-state index contributed by atoms with van der Waals surface area (Å²) in [6.45, 7) is 1.01. The maximum absolute atomic E-state index is 12.7. The van der Waals surface area contributed by atoms with Gasteiger partial charge in [0.25, 0.3) is 0 Å². The van der Waals surface area contributed by atoms with Gasteiger partial charge in [0.15, 0.2) is 6.29 Å². The molecule has 36 heavy (non-hydrogen) atoms. The maximum Gasteiger partial charge on any atom is 0.334 e. The number of aliphatic hydroxyl groups is 4. The van der Waals surface area contributed by atoms with Crippen molar-refractivity contribution in [1.29, 1.82) is 0 Å². The Morgan fingerprint density at radius 3 is 2.50 bits per heavy atom. The Hall–Kier alpha value is -2.80. The van der Waals surface area contributed by atoms with Gasteiger partial charge in [-0.2, -0.15) is 0 Å². The number of carboxylic acid groups (broad SMARTS) is 1. The second-order valence-corrected chi connectivity index (χ2v) is 9.36. The molecule has 1 aromatic carbocycles. The topological polar surface area (TPSA) is 172 Å².